The molecule has 0 radical (unpaired) electrons. The van der Waals surface area contributed by atoms with Gasteiger partial charge in [0, 0.05) is 51.6 Å². The van der Waals surface area contributed by atoms with Gasteiger partial charge in [0.15, 0.2) is 9.84 Å². The average molecular weight is 447 g/mol. The molecule has 1 unspecified atom stereocenters. The molecule has 2 aliphatic rings. The number of likely N-dealkylation sites (tertiary alicyclic amines) is 1. The van der Waals surface area contributed by atoms with E-state index in [4.69, 9.17) is 4.98 Å². The molecule has 0 saturated carbocycles. The Morgan fingerprint density at radius 3 is 2.52 bits per heavy atom. The number of nitrogens with zero attached hydrogens (tertiary/aromatic N) is 6. The minimum Gasteiger partial charge on any atom is -0.341 e. The Morgan fingerprint density at radius 2 is 1.90 bits per heavy atom. The Balaban J connectivity index is 1.55. The van der Waals surface area contributed by atoms with E-state index in [0.29, 0.717) is 49.2 Å². The van der Waals surface area contributed by atoms with Gasteiger partial charge in [-0.05, 0) is 37.7 Å². The van der Waals surface area contributed by atoms with E-state index in [2.05, 4.69) is 21.9 Å². The minimum absolute atomic E-state index is 0.0264. The van der Waals surface area contributed by atoms with Crippen LogP contribution in [0.15, 0.2) is 23.4 Å². The maximum atomic E-state index is 12.7. The highest BCUT2D eigenvalue weighted by molar-refractivity contribution is 7.90. The summed E-state index contributed by atoms with van der Waals surface area (Å²) >= 11 is 0. The number of carbonyl (C=O) groups is 1. The molecule has 31 heavy (non-hydrogen) atoms. The fourth-order valence-electron chi connectivity index (χ4n) is 4.52. The SMILES string of the molecule is CC1CCCN(c2ncc(S(C)(=O)=O)c(C3CCN(C(=O)c4ccn(C)n4)CC3)n2)C1. The molecule has 168 valence electrons. The molecule has 0 aromatic carbocycles. The number of hydrogen-bond acceptors (Lipinski definition) is 7. The molecule has 10 heteroatoms. The van der Waals surface area contributed by atoms with Crippen molar-refractivity contribution in [2.45, 2.75) is 43.4 Å². The van der Waals surface area contributed by atoms with Crippen molar-refractivity contribution < 1.29 is 13.2 Å². The molecule has 9 nitrogen and oxygen atoms in total. The number of anilines is 1. The molecule has 2 fully saturated rings. The largest absolute Gasteiger partial charge is 0.341 e. The van der Waals surface area contributed by atoms with Crippen molar-refractivity contribution in [2.24, 2.45) is 13.0 Å². The Hall–Kier alpha value is -2.49. The second-order valence-corrected chi connectivity index (χ2v) is 10.8. The molecule has 2 aliphatic heterocycles. The lowest BCUT2D eigenvalue weighted by molar-refractivity contribution is 0.0704. The van der Waals surface area contributed by atoms with Crippen LogP contribution < -0.4 is 4.90 Å². The van der Waals surface area contributed by atoms with Gasteiger partial charge in [0.05, 0.1) is 11.9 Å². The van der Waals surface area contributed by atoms with Gasteiger partial charge in [-0.15, -0.1) is 0 Å². The molecule has 2 saturated heterocycles. The Bertz CT molecular complexity index is 1060. The highest BCUT2D eigenvalue weighted by Crippen LogP contribution is 2.33. The third-order valence-electron chi connectivity index (χ3n) is 6.21. The average Bonchev–Trinajstić information content (AvgIpc) is 3.18. The maximum Gasteiger partial charge on any atom is 0.274 e. The molecule has 2 aromatic rings. The lowest BCUT2D eigenvalue weighted by Gasteiger charge is -2.33. The summed E-state index contributed by atoms with van der Waals surface area (Å²) < 4.78 is 26.5. The molecule has 0 bridgehead atoms. The van der Waals surface area contributed by atoms with Crippen molar-refractivity contribution >= 4 is 21.7 Å². The van der Waals surface area contributed by atoms with Gasteiger partial charge in [-0.3, -0.25) is 9.48 Å². The standard InChI is InChI=1S/C21H30N6O3S/c1-15-5-4-9-27(14-15)21-22-13-18(31(3,29)30)19(23-21)16-6-11-26(12-7-16)20(28)17-8-10-25(2)24-17/h8,10,13,15-16H,4-7,9,11-12,14H2,1-3H3. The number of piperidine rings is 2. The number of aromatic nitrogens is 4. The smallest absolute Gasteiger partial charge is 0.274 e. The molecule has 1 atom stereocenters. The predicted molar refractivity (Wildman–Crippen MR) is 117 cm³/mol. The van der Waals surface area contributed by atoms with Crippen LogP contribution >= 0.6 is 0 Å². The van der Waals surface area contributed by atoms with Gasteiger partial charge in [0.2, 0.25) is 5.95 Å². The number of carbonyl (C=O) groups excluding carboxylic acids is 1. The van der Waals surface area contributed by atoms with Crippen molar-refractivity contribution in [3.63, 3.8) is 0 Å². The van der Waals surface area contributed by atoms with Crippen molar-refractivity contribution in [1.29, 1.82) is 0 Å². The van der Waals surface area contributed by atoms with Crippen LogP contribution in [0.4, 0.5) is 5.95 Å². The first-order valence-corrected chi connectivity index (χ1v) is 12.7. The molecule has 4 heterocycles. The minimum atomic E-state index is -3.45. The van der Waals surface area contributed by atoms with E-state index in [-0.39, 0.29) is 16.7 Å². The second kappa shape index (κ2) is 8.57. The summed E-state index contributed by atoms with van der Waals surface area (Å²) in [6.07, 6.45) is 8.02. The summed E-state index contributed by atoms with van der Waals surface area (Å²) in [5.41, 5.74) is 1.02. The first-order valence-electron chi connectivity index (χ1n) is 10.8. The molecule has 0 spiro atoms. The Kier molecular flexibility index (Phi) is 6.00. The lowest BCUT2D eigenvalue weighted by atomic mass is 9.93. The van der Waals surface area contributed by atoms with Crippen LogP contribution in [0.25, 0.3) is 0 Å². The quantitative estimate of drug-likeness (QED) is 0.706. The summed E-state index contributed by atoms with van der Waals surface area (Å²) in [5.74, 6) is 1.06. The van der Waals surface area contributed by atoms with Crippen LogP contribution in [0.5, 0.6) is 0 Å². The van der Waals surface area contributed by atoms with E-state index >= 15 is 0 Å². The Labute approximate surface area is 183 Å². The van der Waals surface area contributed by atoms with Gasteiger partial charge in [-0.2, -0.15) is 5.10 Å². The summed E-state index contributed by atoms with van der Waals surface area (Å²) in [4.78, 5) is 26.0. The van der Waals surface area contributed by atoms with Gasteiger partial charge < -0.3 is 9.80 Å². The maximum absolute atomic E-state index is 12.7. The molecular weight excluding hydrogens is 416 g/mol. The number of hydrogen-bond donors (Lipinski definition) is 0. The molecule has 0 N–H and O–H groups in total. The first-order chi connectivity index (χ1) is 14.7. The van der Waals surface area contributed by atoms with Crippen LogP contribution in [-0.4, -0.2) is 71.4 Å². The summed E-state index contributed by atoms with van der Waals surface area (Å²) in [6, 6.07) is 1.71. The molecule has 4 rings (SSSR count). The third kappa shape index (κ3) is 4.73. The normalized spacial score (nSPS) is 20.8. The van der Waals surface area contributed by atoms with Gasteiger partial charge in [-0.25, -0.2) is 18.4 Å². The molecular formula is C21H30N6O3S. The van der Waals surface area contributed by atoms with Crippen LogP contribution in [0, 0.1) is 5.92 Å². The predicted octanol–water partition coefficient (Wildman–Crippen LogP) is 1.87. The zero-order valence-corrected chi connectivity index (χ0v) is 19.2. The van der Waals surface area contributed by atoms with E-state index < -0.39 is 9.84 Å². The molecule has 0 aliphatic carbocycles. The number of aryl methyl sites for hydroxylation is 1. The van der Waals surface area contributed by atoms with E-state index in [0.717, 1.165) is 19.5 Å². The number of amides is 1. The number of rotatable bonds is 4. The van der Waals surface area contributed by atoms with Crippen molar-refractivity contribution in [2.75, 3.05) is 37.3 Å². The van der Waals surface area contributed by atoms with Gasteiger partial charge in [0.25, 0.3) is 5.91 Å². The first kappa shape index (κ1) is 21.7. The van der Waals surface area contributed by atoms with Gasteiger partial charge in [0.1, 0.15) is 10.6 Å². The van der Waals surface area contributed by atoms with Gasteiger partial charge >= 0.3 is 0 Å². The van der Waals surface area contributed by atoms with Crippen LogP contribution in [0.2, 0.25) is 0 Å². The highest BCUT2D eigenvalue weighted by Gasteiger charge is 2.31. The van der Waals surface area contributed by atoms with Crippen LogP contribution in [0.1, 0.15) is 54.7 Å². The second-order valence-electron chi connectivity index (χ2n) is 8.83. The lowest BCUT2D eigenvalue weighted by Crippen LogP contribution is -2.39. The fraction of sp³-hybridized carbons (Fsp3) is 0.619. The van der Waals surface area contributed by atoms with Crippen LogP contribution in [-0.2, 0) is 16.9 Å². The highest BCUT2D eigenvalue weighted by atomic mass is 32.2. The van der Waals surface area contributed by atoms with E-state index in [9.17, 15) is 13.2 Å². The van der Waals surface area contributed by atoms with E-state index in [1.54, 1.807) is 28.9 Å². The third-order valence-corrected chi connectivity index (χ3v) is 7.32. The Morgan fingerprint density at radius 1 is 1.16 bits per heavy atom. The van der Waals surface area contributed by atoms with E-state index in [1.807, 2.05) is 0 Å². The monoisotopic (exact) mass is 446 g/mol. The van der Waals surface area contributed by atoms with Crippen LogP contribution in [0.3, 0.4) is 0 Å². The molecule has 2 aromatic heterocycles. The topological polar surface area (TPSA) is 101 Å². The zero-order valence-electron chi connectivity index (χ0n) is 18.4. The fourth-order valence-corrected chi connectivity index (χ4v) is 5.36. The zero-order chi connectivity index (χ0) is 22.2. The number of sulfone groups is 1. The van der Waals surface area contributed by atoms with E-state index in [1.165, 1.54) is 18.9 Å². The van der Waals surface area contributed by atoms with Crippen molar-refractivity contribution in [3.8, 4) is 0 Å². The summed E-state index contributed by atoms with van der Waals surface area (Å²) in [5, 5.41) is 4.20. The van der Waals surface area contributed by atoms with Gasteiger partial charge in [-0.1, -0.05) is 6.92 Å². The summed E-state index contributed by atoms with van der Waals surface area (Å²) in [6.45, 7) is 5.08. The molecule has 1 amide bonds. The summed E-state index contributed by atoms with van der Waals surface area (Å²) in [7, 11) is -1.66. The van der Waals surface area contributed by atoms with Crippen molar-refractivity contribution in [1.82, 2.24) is 24.6 Å². The van der Waals surface area contributed by atoms with Crippen molar-refractivity contribution in [3.05, 3.63) is 29.8 Å².